The van der Waals surface area contributed by atoms with E-state index in [-0.39, 0.29) is 13.0 Å². The first-order chi connectivity index (χ1) is 8.06. The lowest BCUT2D eigenvalue weighted by atomic mass is 10.00. The number of hydrogen-bond acceptors (Lipinski definition) is 5. The quantitative estimate of drug-likeness (QED) is 0.402. The molecule has 0 fully saturated rings. The van der Waals surface area contributed by atoms with Crippen molar-refractivity contribution in [2.75, 3.05) is 12.3 Å². The zero-order valence-electron chi connectivity index (χ0n) is 9.48. The van der Waals surface area contributed by atoms with Crippen LogP contribution in [-0.2, 0) is 0 Å². The topological polar surface area (TPSA) is 128 Å². The molecule has 0 amide bonds. The van der Waals surface area contributed by atoms with Crippen LogP contribution >= 0.6 is 0 Å². The zero-order valence-corrected chi connectivity index (χ0v) is 9.48. The van der Waals surface area contributed by atoms with Gasteiger partial charge < -0.3 is 15.9 Å². The number of hydrogen-bond donors (Lipinski definition) is 3. The highest BCUT2D eigenvalue weighted by Gasteiger charge is 2.19. The summed E-state index contributed by atoms with van der Waals surface area (Å²) in [5.41, 5.74) is 14.9. The second-order valence-electron chi connectivity index (χ2n) is 3.72. The summed E-state index contributed by atoms with van der Waals surface area (Å²) in [4.78, 5) is 6.44. The summed E-state index contributed by atoms with van der Waals surface area (Å²) in [6.07, 6.45) is -0.428. The van der Waals surface area contributed by atoms with E-state index < -0.39 is 12.2 Å². The molecule has 0 aliphatic rings. The lowest BCUT2D eigenvalue weighted by Crippen LogP contribution is -2.20. The monoisotopic (exact) mass is 237 g/mol. The summed E-state index contributed by atoms with van der Waals surface area (Å²) in [6, 6.07) is 1.62. The van der Waals surface area contributed by atoms with Crippen molar-refractivity contribution < 1.29 is 10.2 Å². The minimum Gasteiger partial charge on any atom is -0.390 e. The third kappa shape index (κ3) is 3.60. The summed E-state index contributed by atoms with van der Waals surface area (Å²) in [5.74, 6) is 0.363. The molecule has 2 atom stereocenters. The van der Waals surface area contributed by atoms with Crippen LogP contribution < -0.4 is 5.73 Å². The molecule has 92 valence electrons. The van der Waals surface area contributed by atoms with Crippen molar-refractivity contribution >= 4 is 5.82 Å². The van der Waals surface area contributed by atoms with E-state index in [1.54, 1.807) is 13.0 Å². The van der Waals surface area contributed by atoms with Gasteiger partial charge in [0.1, 0.15) is 11.9 Å². The van der Waals surface area contributed by atoms with E-state index in [4.69, 9.17) is 11.3 Å². The average Bonchev–Trinajstić information content (AvgIpc) is 2.28. The Labute approximate surface area is 98.5 Å². The lowest BCUT2D eigenvalue weighted by Gasteiger charge is -2.18. The van der Waals surface area contributed by atoms with Gasteiger partial charge in [-0.25, -0.2) is 4.98 Å². The van der Waals surface area contributed by atoms with Gasteiger partial charge in [0.05, 0.1) is 6.10 Å². The summed E-state index contributed by atoms with van der Waals surface area (Å²) in [7, 11) is 0. The van der Waals surface area contributed by atoms with Crippen LogP contribution in [0, 0.1) is 6.92 Å². The molecule has 0 radical (unpaired) electrons. The van der Waals surface area contributed by atoms with Gasteiger partial charge in [0, 0.05) is 23.2 Å². The van der Waals surface area contributed by atoms with Crippen LogP contribution in [0.5, 0.6) is 0 Å². The molecule has 1 rings (SSSR count). The molecule has 0 spiro atoms. The van der Waals surface area contributed by atoms with Gasteiger partial charge in [-0.15, -0.1) is 0 Å². The number of pyridine rings is 1. The Morgan fingerprint density at radius 1 is 1.59 bits per heavy atom. The SMILES string of the molecule is Cc1cc(N)ncc1C(O)C(O)CCN=[N+]=[N-]. The first-order valence-corrected chi connectivity index (χ1v) is 5.15. The van der Waals surface area contributed by atoms with Gasteiger partial charge in [-0.2, -0.15) is 0 Å². The molecule has 7 nitrogen and oxygen atoms in total. The van der Waals surface area contributed by atoms with Crippen molar-refractivity contribution in [2.45, 2.75) is 25.6 Å². The highest BCUT2D eigenvalue weighted by Crippen LogP contribution is 2.22. The van der Waals surface area contributed by atoms with Gasteiger partial charge in [0.15, 0.2) is 0 Å². The Hall–Kier alpha value is -1.82. The number of aliphatic hydroxyl groups excluding tert-OH is 2. The highest BCUT2D eigenvalue weighted by molar-refractivity contribution is 5.37. The molecular formula is C10H15N5O2. The fourth-order valence-corrected chi connectivity index (χ4v) is 1.50. The maximum atomic E-state index is 9.89. The third-order valence-electron chi connectivity index (χ3n) is 2.44. The van der Waals surface area contributed by atoms with Crippen LogP contribution in [-0.4, -0.2) is 27.8 Å². The molecule has 7 heteroatoms. The van der Waals surface area contributed by atoms with Crippen LogP contribution in [0.2, 0.25) is 0 Å². The highest BCUT2D eigenvalue weighted by atomic mass is 16.3. The molecule has 0 aliphatic carbocycles. The maximum absolute atomic E-state index is 9.89. The lowest BCUT2D eigenvalue weighted by molar-refractivity contribution is 0.0145. The Kier molecular flexibility index (Phi) is 4.71. The largest absolute Gasteiger partial charge is 0.390 e. The number of aromatic nitrogens is 1. The average molecular weight is 237 g/mol. The van der Waals surface area contributed by atoms with Gasteiger partial charge in [-0.05, 0) is 30.5 Å². The summed E-state index contributed by atoms with van der Waals surface area (Å²) >= 11 is 0. The molecule has 1 aromatic heterocycles. The third-order valence-corrected chi connectivity index (χ3v) is 2.44. The molecule has 0 bridgehead atoms. The Morgan fingerprint density at radius 2 is 2.29 bits per heavy atom. The van der Waals surface area contributed by atoms with E-state index in [1.165, 1.54) is 6.20 Å². The van der Waals surface area contributed by atoms with E-state index >= 15 is 0 Å². The predicted molar refractivity (Wildman–Crippen MR) is 63.0 cm³/mol. The molecule has 17 heavy (non-hydrogen) atoms. The van der Waals surface area contributed by atoms with Crippen molar-refractivity contribution in [1.82, 2.24) is 4.98 Å². The van der Waals surface area contributed by atoms with E-state index in [0.29, 0.717) is 11.4 Å². The van der Waals surface area contributed by atoms with E-state index in [0.717, 1.165) is 5.56 Å². The van der Waals surface area contributed by atoms with Gasteiger partial charge in [0.2, 0.25) is 0 Å². The first-order valence-electron chi connectivity index (χ1n) is 5.15. The number of nitrogen functional groups attached to an aromatic ring is 1. The summed E-state index contributed by atoms with van der Waals surface area (Å²) in [5, 5.41) is 22.9. The normalized spacial score (nSPS) is 13.8. The second-order valence-corrected chi connectivity index (χ2v) is 3.72. The standard InChI is InChI=1S/C10H15N5O2/c1-6-4-9(11)13-5-7(6)10(17)8(16)2-3-14-15-12/h4-5,8,10,16-17H,2-3H2,1H3,(H2,11,13). The van der Waals surface area contributed by atoms with Gasteiger partial charge in [-0.1, -0.05) is 5.11 Å². The molecule has 0 aromatic carbocycles. The summed E-state index contributed by atoms with van der Waals surface area (Å²) in [6.45, 7) is 1.91. The Bertz CT molecular complexity index is 431. The van der Waals surface area contributed by atoms with E-state index in [9.17, 15) is 10.2 Å². The van der Waals surface area contributed by atoms with Crippen LogP contribution in [0.3, 0.4) is 0 Å². The molecule has 2 unspecified atom stereocenters. The van der Waals surface area contributed by atoms with E-state index in [2.05, 4.69) is 15.0 Å². The number of anilines is 1. The van der Waals surface area contributed by atoms with Crippen LogP contribution in [0.1, 0.15) is 23.7 Å². The van der Waals surface area contributed by atoms with Gasteiger partial charge in [-0.3, -0.25) is 0 Å². The molecule has 0 saturated carbocycles. The molecule has 1 aromatic rings. The smallest absolute Gasteiger partial charge is 0.123 e. The second kappa shape index (κ2) is 6.05. The Morgan fingerprint density at radius 3 is 2.88 bits per heavy atom. The predicted octanol–water partition coefficient (Wildman–Crippen LogP) is 1.07. The van der Waals surface area contributed by atoms with Crippen molar-refractivity contribution in [2.24, 2.45) is 5.11 Å². The van der Waals surface area contributed by atoms with Gasteiger partial charge in [0.25, 0.3) is 0 Å². The molecular weight excluding hydrogens is 222 g/mol. The molecule has 0 saturated heterocycles. The number of aliphatic hydroxyl groups is 2. The molecule has 0 aliphatic heterocycles. The minimum absolute atomic E-state index is 0.135. The number of rotatable bonds is 5. The fourth-order valence-electron chi connectivity index (χ4n) is 1.50. The van der Waals surface area contributed by atoms with E-state index in [1.807, 2.05) is 0 Å². The fraction of sp³-hybridized carbons (Fsp3) is 0.500. The Balaban J connectivity index is 2.73. The summed E-state index contributed by atoms with van der Waals surface area (Å²) < 4.78 is 0. The van der Waals surface area contributed by atoms with Crippen molar-refractivity contribution in [3.63, 3.8) is 0 Å². The van der Waals surface area contributed by atoms with Crippen molar-refractivity contribution in [3.05, 3.63) is 33.8 Å². The van der Waals surface area contributed by atoms with Crippen molar-refractivity contribution in [3.8, 4) is 0 Å². The van der Waals surface area contributed by atoms with Crippen LogP contribution in [0.25, 0.3) is 10.4 Å². The molecule has 4 N–H and O–H groups in total. The number of nitrogens with two attached hydrogens (primary N) is 1. The first kappa shape index (κ1) is 13.2. The maximum Gasteiger partial charge on any atom is 0.123 e. The van der Waals surface area contributed by atoms with Crippen LogP contribution in [0.15, 0.2) is 17.4 Å². The minimum atomic E-state index is -1.06. The number of azide groups is 1. The number of nitrogens with zero attached hydrogens (tertiary/aromatic N) is 4. The number of aryl methyl sites for hydroxylation is 1. The van der Waals surface area contributed by atoms with Crippen molar-refractivity contribution in [1.29, 1.82) is 0 Å². The zero-order chi connectivity index (χ0) is 12.8. The molecule has 1 heterocycles. The van der Waals surface area contributed by atoms with Gasteiger partial charge >= 0.3 is 0 Å². The van der Waals surface area contributed by atoms with Crippen LogP contribution in [0.4, 0.5) is 5.82 Å².